The summed E-state index contributed by atoms with van der Waals surface area (Å²) in [6.45, 7) is 0. The Bertz CT molecular complexity index is 659. The zero-order valence-electron chi connectivity index (χ0n) is 7.92. The fourth-order valence-corrected chi connectivity index (χ4v) is 1.68. The summed E-state index contributed by atoms with van der Waals surface area (Å²) in [5, 5.41) is 8.12. The average molecular weight is 196 g/mol. The lowest BCUT2D eigenvalue weighted by atomic mass is 10.1. The smallest absolute Gasteiger partial charge is 0.122 e. The lowest BCUT2D eigenvalue weighted by Crippen LogP contribution is -2.24. The maximum absolute atomic E-state index is 4.96. The largest absolute Gasteiger partial charge is 0.364 e. The van der Waals surface area contributed by atoms with Gasteiger partial charge >= 0.3 is 0 Å². The minimum Gasteiger partial charge on any atom is -0.364 e. The third kappa shape index (κ3) is 1.29. The monoisotopic (exact) mass is 196 g/mol. The molecule has 0 aliphatic carbocycles. The number of hydrogen-bond donors (Lipinski definition) is 0. The molecule has 3 rings (SSSR count). The van der Waals surface area contributed by atoms with E-state index in [1.54, 1.807) is 12.5 Å². The Labute approximate surface area is 86.0 Å². The van der Waals surface area contributed by atoms with Crippen molar-refractivity contribution in [3.63, 3.8) is 0 Å². The molecule has 1 aromatic heterocycles. The van der Waals surface area contributed by atoms with Gasteiger partial charge in [-0.1, -0.05) is 11.2 Å². The molecule has 0 atom stereocenters. The van der Waals surface area contributed by atoms with E-state index >= 15 is 0 Å². The third-order valence-corrected chi connectivity index (χ3v) is 2.40. The first-order chi connectivity index (χ1) is 7.45. The van der Waals surface area contributed by atoms with Crippen LogP contribution in [-0.4, -0.2) is 4.98 Å². The van der Waals surface area contributed by atoms with E-state index in [0.29, 0.717) is 0 Å². The highest BCUT2D eigenvalue weighted by molar-refractivity contribution is 5.82. The number of benzene rings is 1. The molecule has 0 saturated carbocycles. The molecule has 0 N–H and O–H groups in total. The molecule has 72 valence electrons. The van der Waals surface area contributed by atoms with Crippen molar-refractivity contribution in [1.82, 2.24) is 4.98 Å². The van der Waals surface area contributed by atoms with Crippen LogP contribution < -0.4 is 10.6 Å². The molecule has 1 aliphatic heterocycles. The van der Waals surface area contributed by atoms with Crippen LogP contribution in [0.1, 0.15) is 0 Å². The molecule has 3 heteroatoms. The first-order valence-corrected chi connectivity index (χ1v) is 4.68. The SMILES string of the molecule is C1=CON=c2ccc3ccncc3c2=C1. The quantitative estimate of drug-likeness (QED) is 0.632. The second-order valence-corrected chi connectivity index (χ2v) is 3.29. The fraction of sp³-hybridized carbons (Fsp3) is 0. The number of allylic oxidation sites excluding steroid dienone is 1. The summed E-state index contributed by atoms with van der Waals surface area (Å²) in [4.78, 5) is 9.09. The van der Waals surface area contributed by atoms with E-state index in [2.05, 4.69) is 10.1 Å². The Morgan fingerprint density at radius 1 is 1.13 bits per heavy atom. The molecule has 15 heavy (non-hydrogen) atoms. The van der Waals surface area contributed by atoms with Crippen LogP contribution in [0.3, 0.4) is 0 Å². The number of pyridine rings is 1. The highest BCUT2D eigenvalue weighted by atomic mass is 16.6. The van der Waals surface area contributed by atoms with E-state index < -0.39 is 0 Å². The normalized spacial score (nSPS) is 13.3. The second-order valence-electron chi connectivity index (χ2n) is 3.29. The summed E-state index contributed by atoms with van der Waals surface area (Å²) in [6, 6.07) is 5.95. The third-order valence-electron chi connectivity index (χ3n) is 2.40. The van der Waals surface area contributed by atoms with Crippen molar-refractivity contribution in [3.8, 4) is 0 Å². The molecule has 2 heterocycles. The number of aromatic nitrogens is 1. The van der Waals surface area contributed by atoms with E-state index in [-0.39, 0.29) is 0 Å². The van der Waals surface area contributed by atoms with Crippen molar-refractivity contribution in [1.29, 1.82) is 0 Å². The predicted molar refractivity (Wildman–Crippen MR) is 57.2 cm³/mol. The maximum Gasteiger partial charge on any atom is 0.122 e. The van der Waals surface area contributed by atoms with Gasteiger partial charge in [-0.15, -0.1) is 0 Å². The van der Waals surface area contributed by atoms with Gasteiger partial charge in [-0.2, -0.15) is 0 Å². The van der Waals surface area contributed by atoms with E-state index in [9.17, 15) is 0 Å². The summed E-state index contributed by atoms with van der Waals surface area (Å²) in [5.74, 6) is 0. The molecule has 0 unspecified atom stereocenters. The number of nitrogens with zero attached hydrogens (tertiary/aromatic N) is 2. The predicted octanol–water partition coefficient (Wildman–Crippen LogP) is 1.09. The Morgan fingerprint density at radius 3 is 3.13 bits per heavy atom. The van der Waals surface area contributed by atoms with Gasteiger partial charge in [0.25, 0.3) is 0 Å². The molecule has 3 nitrogen and oxygen atoms in total. The molecule has 1 aromatic carbocycles. The highest BCUT2D eigenvalue weighted by Gasteiger charge is 1.98. The van der Waals surface area contributed by atoms with Crippen molar-refractivity contribution in [2.45, 2.75) is 0 Å². The summed E-state index contributed by atoms with van der Waals surface area (Å²) in [5.41, 5.74) is 0. The van der Waals surface area contributed by atoms with Crippen molar-refractivity contribution in [2.24, 2.45) is 5.16 Å². The van der Waals surface area contributed by atoms with E-state index in [1.807, 2.05) is 36.5 Å². The van der Waals surface area contributed by atoms with Crippen molar-refractivity contribution in [3.05, 3.63) is 53.5 Å². The first-order valence-electron chi connectivity index (χ1n) is 4.68. The van der Waals surface area contributed by atoms with Gasteiger partial charge in [-0.25, -0.2) is 0 Å². The lowest BCUT2D eigenvalue weighted by molar-refractivity contribution is 0.254. The first kappa shape index (κ1) is 8.17. The van der Waals surface area contributed by atoms with Crippen LogP contribution in [0.2, 0.25) is 0 Å². The molecule has 0 fully saturated rings. The van der Waals surface area contributed by atoms with Crippen molar-refractivity contribution < 1.29 is 4.84 Å². The highest BCUT2D eigenvalue weighted by Crippen LogP contribution is 2.04. The van der Waals surface area contributed by atoms with Crippen LogP contribution in [0.15, 0.2) is 48.1 Å². The van der Waals surface area contributed by atoms with Crippen molar-refractivity contribution >= 4 is 16.8 Å². The summed E-state index contributed by atoms with van der Waals surface area (Å²) < 4.78 is 0. The van der Waals surface area contributed by atoms with Gasteiger partial charge < -0.3 is 4.84 Å². The Hall–Kier alpha value is -2.16. The molecule has 0 radical (unpaired) electrons. The Kier molecular flexibility index (Phi) is 1.75. The van der Waals surface area contributed by atoms with Crippen LogP contribution in [0, 0.1) is 0 Å². The lowest BCUT2D eigenvalue weighted by Gasteiger charge is -1.96. The topological polar surface area (TPSA) is 34.5 Å². The van der Waals surface area contributed by atoms with Gasteiger partial charge in [-0.3, -0.25) is 4.98 Å². The molecule has 0 bridgehead atoms. The summed E-state index contributed by atoms with van der Waals surface area (Å²) >= 11 is 0. The summed E-state index contributed by atoms with van der Waals surface area (Å²) in [7, 11) is 0. The zero-order valence-corrected chi connectivity index (χ0v) is 7.92. The van der Waals surface area contributed by atoms with Crippen LogP contribution in [0.25, 0.3) is 16.8 Å². The molecular weight excluding hydrogens is 188 g/mol. The zero-order chi connectivity index (χ0) is 10.1. The van der Waals surface area contributed by atoms with Gasteiger partial charge in [0.1, 0.15) is 11.6 Å². The van der Waals surface area contributed by atoms with Gasteiger partial charge in [0.05, 0.1) is 0 Å². The van der Waals surface area contributed by atoms with Crippen molar-refractivity contribution in [2.75, 3.05) is 0 Å². The van der Waals surface area contributed by atoms with Crippen LogP contribution >= 0.6 is 0 Å². The van der Waals surface area contributed by atoms with E-state index in [1.165, 1.54) is 0 Å². The Morgan fingerprint density at radius 2 is 2.13 bits per heavy atom. The van der Waals surface area contributed by atoms with Gasteiger partial charge in [0.15, 0.2) is 0 Å². The number of rotatable bonds is 0. The molecule has 0 amide bonds. The van der Waals surface area contributed by atoms with E-state index in [4.69, 9.17) is 4.84 Å². The average Bonchev–Trinajstić information content (AvgIpc) is 2.54. The minimum atomic E-state index is 0.834. The standard InChI is InChI=1S/C12H8N2O/c1-2-10-11-8-13-6-5-9(11)3-4-12(10)14-15-7-1/h1-8H. The molecule has 0 saturated heterocycles. The maximum atomic E-state index is 4.96. The van der Waals surface area contributed by atoms with Crippen LogP contribution in [0.5, 0.6) is 0 Å². The number of hydrogen-bond acceptors (Lipinski definition) is 3. The minimum absolute atomic E-state index is 0.834. The van der Waals surface area contributed by atoms with Gasteiger partial charge in [0.2, 0.25) is 0 Å². The fourth-order valence-electron chi connectivity index (χ4n) is 1.68. The number of fused-ring (bicyclic) bond motifs is 3. The van der Waals surface area contributed by atoms with E-state index in [0.717, 1.165) is 21.3 Å². The van der Waals surface area contributed by atoms with Crippen LogP contribution in [-0.2, 0) is 4.84 Å². The second kappa shape index (κ2) is 3.20. The van der Waals surface area contributed by atoms with Gasteiger partial charge in [0, 0.05) is 23.0 Å². The molecule has 1 aliphatic rings. The summed E-state index contributed by atoms with van der Waals surface area (Å²) in [6.07, 6.45) is 9.01. The molecule has 0 spiro atoms. The molecular formula is C12H8N2O. The Balaban J connectivity index is 2.58. The van der Waals surface area contributed by atoms with Crippen LogP contribution in [0.4, 0.5) is 0 Å². The molecule has 2 aromatic rings. The van der Waals surface area contributed by atoms with Gasteiger partial charge in [-0.05, 0) is 29.7 Å².